The summed E-state index contributed by atoms with van der Waals surface area (Å²) in [5, 5.41) is 0. The normalized spacial score (nSPS) is 21.4. The molecule has 156 valence electrons. The van der Waals surface area contributed by atoms with E-state index in [1.54, 1.807) is 17.5 Å². The predicted octanol–water partition coefficient (Wildman–Crippen LogP) is 2.02. The number of methoxy groups -OCH3 is 1. The van der Waals surface area contributed by atoms with Crippen LogP contribution in [-0.2, 0) is 10.0 Å². The Morgan fingerprint density at radius 2 is 1.79 bits per heavy atom. The number of sulfonamides is 1. The molecule has 1 atom stereocenters. The zero-order chi connectivity index (χ0) is 20.4. The van der Waals surface area contributed by atoms with Crippen molar-refractivity contribution in [3.63, 3.8) is 0 Å². The van der Waals surface area contributed by atoms with Crippen molar-refractivity contribution in [2.24, 2.45) is 0 Å². The predicted molar refractivity (Wildman–Crippen MR) is 113 cm³/mol. The molecule has 0 amide bonds. The molecular formula is C21H28N4O3S. The van der Waals surface area contributed by atoms with E-state index < -0.39 is 10.0 Å². The van der Waals surface area contributed by atoms with E-state index in [-0.39, 0.29) is 4.90 Å². The first kappa shape index (κ1) is 20.1. The minimum absolute atomic E-state index is 0.270. The molecule has 2 fully saturated rings. The Morgan fingerprint density at radius 1 is 1.03 bits per heavy atom. The molecule has 1 aromatic carbocycles. The smallest absolute Gasteiger partial charge is 0.244 e. The van der Waals surface area contributed by atoms with Crippen LogP contribution in [0, 0.1) is 0 Å². The second-order valence-corrected chi connectivity index (χ2v) is 9.67. The highest BCUT2D eigenvalue weighted by Crippen LogP contribution is 2.35. The number of nitrogens with zero attached hydrogens (tertiary/aromatic N) is 4. The fourth-order valence-corrected chi connectivity index (χ4v) is 5.48. The summed E-state index contributed by atoms with van der Waals surface area (Å²) in [5.41, 5.74) is 1.21. The van der Waals surface area contributed by atoms with Gasteiger partial charge in [0, 0.05) is 51.4 Å². The highest BCUT2D eigenvalue weighted by molar-refractivity contribution is 7.89. The van der Waals surface area contributed by atoms with Crippen molar-refractivity contribution in [2.75, 3.05) is 58.3 Å². The Bertz CT molecular complexity index is 941. The van der Waals surface area contributed by atoms with Crippen molar-refractivity contribution < 1.29 is 13.2 Å². The number of hydrogen-bond acceptors (Lipinski definition) is 6. The van der Waals surface area contributed by atoms with Crippen LogP contribution in [0.5, 0.6) is 5.75 Å². The van der Waals surface area contributed by atoms with Crippen LogP contribution in [0.15, 0.2) is 47.5 Å². The largest absolute Gasteiger partial charge is 0.496 e. The molecule has 7 nitrogen and oxygen atoms in total. The molecule has 0 aliphatic carbocycles. The minimum Gasteiger partial charge on any atom is -0.496 e. The Hall–Kier alpha value is -2.16. The Morgan fingerprint density at radius 3 is 2.48 bits per heavy atom. The van der Waals surface area contributed by atoms with Gasteiger partial charge < -0.3 is 14.5 Å². The zero-order valence-electron chi connectivity index (χ0n) is 17.0. The summed E-state index contributed by atoms with van der Waals surface area (Å²) >= 11 is 0. The highest BCUT2D eigenvalue weighted by Gasteiger charge is 2.29. The summed E-state index contributed by atoms with van der Waals surface area (Å²) in [6.45, 7) is 4.28. The van der Waals surface area contributed by atoms with E-state index in [1.807, 2.05) is 31.3 Å². The fourth-order valence-electron chi connectivity index (χ4n) is 4.12. The molecule has 2 aliphatic heterocycles. The summed E-state index contributed by atoms with van der Waals surface area (Å²) in [6, 6.07) is 11.6. The molecule has 0 N–H and O–H groups in total. The molecule has 2 aliphatic rings. The second kappa shape index (κ2) is 8.30. The number of piperazine rings is 1. The van der Waals surface area contributed by atoms with Crippen molar-refractivity contribution >= 4 is 15.8 Å². The van der Waals surface area contributed by atoms with Crippen LogP contribution in [0.1, 0.15) is 17.9 Å². The molecule has 29 heavy (non-hydrogen) atoms. The van der Waals surface area contributed by atoms with Crippen molar-refractivity contribution in [3.8, 4) is 5.75 Å². The number of anilines is 1. The number of likely N-dealkylation sites (N-methyl/N-ethyl adjacent to an activating group) is 1. The number of ether oxygens (including phenoxy) is 1. The van der Waals surface area contributed by atoms with Gasteiger partial charge in [0.25, 0.3) is 0 Å². The summed E-state index contributed by atoms with van der Waals surface area (Å²) in [7, 11) is 0.230. The van der Waals surface area contributed by atoms with Gasteiger partial charge in [0.2, 0.25) is 10.0 Å². The molecule has 1 aromatic heterocycles. The molecule has 2 saturated heterocycles. The van der Waals surface area contributed by atoms with E-state index in [1.165, 1.54) is 11.8 Å². The van der Waals surface area contributed by atoms with Crippen LogP contribution < -0.4 is 9.64 Å². The molecule has 8 heteroatoms. The van der Waals surface area contributed by atoms with E-state index in [2.05, 4.69) is 20.9 Å². The molecule has 0 saturated carbocycles. The van der Waals surface area contributed by atoms with Crippen LogP contribution in [0.4, 0.5) is 5.82 Å². The molecular weight excluding hydrogens is 388 g/mol. The Kier molecular flexibility index (Phi) is 5.76. The van der Waals surface area contributed by atoms with Crippen LogP contribution in [0.2, 0.25) is 0 Å². The third-order valence-corrected chi connectivity index (χ3v) is 7.79. The van der Waals surface area contributed by atoms with Gasteiger partial charge in [0.1, 0.15) is 16.5 Å². The quantitative estimate of drug-likeness (QED) is 0.743. The number of rotatable bonds is 5. The van der Waals surface area contributed by atoms with Gasteiger partial charge in [-0.15, -0.1) is 0 Å². The zero-order valence-corrected chi connectivity index (χ0v) is 17.8. The minimum atomic E-state index is -3.48. The van der Waals surface area contributed by atoms with Crippen LogP contribution in [0.3, 0.4) is 0 Å². The van der Waals surface area contributed by atoms with Crippen LogP contribution >= 0.6 is 0 Å². The number of para-hydroxylation sites is 1. The van der Waals surface area contributed by atoms with E-state index in [0.717, 1.165) is 44.2 Å². The molecule has 3 heterocycles. The number of pyridine rings is 1. The van der Waals surface area contributed by atoms with Gasteiger partial charge >= 0.3 is 0 Å². The molecule has 1 unspecified atom stereocenters. The third kappa shape index (κ3) is 4.10. The fraction of sp³-hybridized carbons (Fsp3) is 0.476. The van der Waals surface area contributed by atoms with E-state index in [9.17, 15) is 8.42 Å². The maximum absolute atomic E-state index is 12.9. The molecule has 0 bridgehead atoms. The van der Waals surface area contributed by atoms with Gasteiger partial charge in [0.05, 0.1) is 7.11 Å². The standard InChI is InChI=1S/C21H28N4O3S/c1-23-11-13-25(14-12-23)29(26,27)18-7-8-21(22-15-18)24-10-9-17(16-24)19-5-3-4-6-20(19)28-2/h3-8,15,17H,9-14,16H2,1-2H3. The first-order valence-corrected chi connectivity index (χ1v) is 11.5. The van der Waals surface area contributed by atoms with Crippen molar-refractivity contribution in [3.05, 3.63) is 48.2 Å². The summed E-state index contributed by atoms with van der Waals surface area (Å²) in [5.74, 6) is 2.11. The average molecular weight is 417 g/mol. The Labute approximate surface area is 172 Å². The van der Waals surface area contributed by atoms with Crippen molar-refractivity contribution in [1.29, 1.82) is 0 Å². The molecule has 2 aromatic rings. The first-order chi connectivity index (χ1) is 14.0. The van der Waals surface area contributed by atoms with Crippen molar-refractivity contribution in [1.82, 2.24) is 14.2 Å². The topological polar surface area (TPSA) is 66.0 Å². The van der Waals surface area contributed by atoms with Gasteiger partial charge in [-0.05, 0) is 37.2 Å². The molecule has 0 spiro atoms. The van der Waals surface area contributed by atoms with E-state index in [4.69, 9.17) is 4.74 Å². The lowest BCUT2D eigenvalue weighted by Crippen LogP contribution is -2.47. The van der Waals surface area contributed by atoms with Gasteiger partial charge in [0.15, 0.2) is 0 Å². The van der Waals surface area contributed by atoms with Gasteiger partial charge in [-0.3, -0.25) is 0 Å². The maximum atomic E-state index is 12.9. The monoisotopic (exact) mass is 416 g/mol. The lowest BCUT2D eigenvalue weighted by Gasteiger charge is -2.31. The highest BCUT2D eigenvalue weighted by atomic mass is 32.2. The SMILES string of the molecule is COc1ccccc1C1CCN(c2ccc(S(=O)(=O)N3CCN(C)CC3)cn2)C1. The van der Waals surface area contributed by atoms with Gasteiger partial charge in [-0.2, -0.15) is 4.31 Å². The van der Waals surface area contributed by atoms with Crippen LogP contribution in [0.25, 0.3) is 0 Å². The summed E-state index contributed by atoms with van der Waals surface area (Å²) < 4.78 is 32.8. The summed E-state index contributed by atoms with van der Waals surface area (Å²) in [4.78, 5) is 9.11. The molecule has 4 rings (SSSR count). The van der Waals surface area contributed by atoms with Gasteiger partial charge in [-0.1, -0.05) is 18.2 Å². The van der Waals surface area contributed by atoms with E-state index in [0.29, 0.717) is 19.0 Å². The third-order valence-electron chi connectivity index (χ3n) is 5.91. The van der Waals surface area contributed by atoms with Crippen molar-refractivity contribution in [2.45, 2.75) is 17.2 Å². The van der Waals surface area contributed by atoms with E-state index >= 15 is 0 Å². The number of benzene rings is 1. The Balaban J connectivity index is 1.46. The van der Waals surface area contributed by atoms with Gasteiger partial charge in [-0.25, -0.2) is 13.4 Å². The maximum Gasteiger partial charge on any atom is 0.244 e. The lowest BCUT2D eigenvalue weighted by molar-refractivity contribution is 0.222. The number of aromatic nitrogens is 1. The average Bonchev–Trinajstić information content (AvgIpc) is 3.24. The second-order valence-electron chi connectivity index (χ2n) is 7.73. The lowest BCUT2D eigenvalue weighted by atomic mass is 9.97. The number of hydrogen-bond donors (Lipinski definition) is 0. The first-order valence-electron chi connectivity index (χ1n) is 10.0. The summed E-state index contributed by atoms with van der Waals surface area (Å²) in [6.07, 6.45) is 2.52. The molecule has 0 radical (unpaired) electrons. The van der Waals surface area contributed by atoms with Crippen LogP contribution in [-0.4, -0.2) is 76.0 Å².